The topological polar surface area (TPSA) is 62.6 Å². The average Bonchev–Trinajstić information content (AvgIpc) is 2.51. The third kappa shape index (κ3) is 3.71. The Kier molecular flexibility index (Phi) is 6.97. The lowest BCUT2D eigenvalue weighted by atomic mass is 9.80. The number of nitrogens with zero attached hydrogens (tertiary/aromatic N) is 2. The molecule has 5 heteroatoms. The molecule has 0 radical (unpaired) electrons. The molecule has 0 unspecified atom stereocenters. The van der Waals surface area contributed by atoms with E-state index in [2.05, 4.69) is 19.9 Å². The zero-order chi connectivity index (χ0) is 15.0. The van der Waals surface area contributed by atoms with Crippen LogP contribution in [0.4, 0.5) is 0 Å². The minimum Gasteiger partial charge on any atom is -0.383 e. The number of methoxy groups -OCH3 is 1. The Morgan fingerprint density at radius 1 is 1.40 bits per heavy atom. The Bertz CT molecular complexity index is 342. The second kappa shape index (κ2) is 8.23. The van der Waals surface area contributed by atoms with Crippen LogP contribution in [0.5, 0.6) is 0 Å². The molecule has 0 aliphatic carbocycles. The van der Waals surface area contributed by atoms with Gasteiger partial charge < -0.3 is 14.4 Å². The van der Waals surface area contributed by atoms with Gasteiger partial charge in [0.1, 0.15) is 5.41 Å². The van der Waals surface area contributed by atoms with Crippen LogP contribution in [0.3, 0.4) is 0 Å². The summed E-state index contributed by atoms with van der Waals surface area (Å²) in [6.45, 7) is 6.17. The van der Waals surface area contributed by atoms with Crippen molar-refractivity contribution in [2.75, 3.05) is 33.5 Å². The smallest absolute Gasteiger partial charge is 0.243 e. The Balaban J connectivity index is 2.92. The Morgan fingerprint density at radius 2 is 2.00 bits per heavy atom. The van der Waals surface area contributed by atoms with Crippen molar-refractivity contribution in [3.63, 3.8) is 0 Å². The third-order valence-corrected chi connectivity index (χ3v) is 4.15. The number of carbonyl (C=O) groups is 1. The fraction of sp³-hybridized carbons (Fsp3) is 0.867. The van der Waals surface area contributed by atoms with Gasteiger partial charge in [0.05, 0.1) is 12.7 Å². The molecule has 0 aromatic carbocycles. The zero-order valence-corrected chi connectivity index (χ0v) is 12.9. The minimum atomic E-state index is -0.908. The molecule has 1 aliphatic heterocycles. The van der Waals surface area contributed by atoms with Crippen molar-refractivity contribution in [3.05, 3.63) is 0 Å². The molecule has 0 aromatic heterocycles. The molecular weight excluding hydrogens is 256 g/mol. The first-order valence-electron chi connectivity index (χ1n) is 7.44. The van der Waals surface area contributed by atoms with Crippen LogP contribution in [0.2, 0.25) is 0 Å². The van der Waals surface area contributed by atoms with E-state index >= 15 is 0 Å². The normalized spacial score (nSPS) is 17.8. The standard InChI is InChI=1S/C15H26N2O3/c1-4-13(5-2)17(8-11-19-3)14(18)15(12-16)6-9-20-10-7-15/h13H,4-11H2,1-3H3. The van der Waals surface area contributed by atoms with E-state index in [9.17, 15) is 10.1 Å². The third-order valence-electron chi connectivity index (χ3n) is 4.15. The first-order valence-corrected chi connectivity index (χ1v) is 7.44. The van der Waals surface area contributed by atoms with Crippen molar-refractivity contribution in [3.8, 4) is 6.07 Å². The van der Waals surface area contributed by atoms with Crippen LogP contribution in [-0.2, 0) is 14.3 Å². The Morgan fingerprint density at radius 3 is 2.45 bits per heavy atom. The van der Waals surface area contributed by atoms with Gasteiger partial charge in [0.25, 0.3) is 0 Å². The second-order valence-electron chi connectivity index (χ2n) is 5.27. The van der Waals surface area contributed by atoms with Crippen molar-refractivity contribution in [1.82, 2.24) is 4.90 Å². The van der Waals surface area contributed by atoms with Gasteiger partial charge in [0.15, 0.2) is 0 Å². The van der Waals surface area contributed by atoms with E-state index in [4.69, 9.17) is 9.47 Å². The summed E-state index contributed by atoms with van der Waals surface area (Å²) in [7, 11) is 1.63. The molecule has 0 atom stereocenters. The van der Waals surface area contributed by atoms with E-state index in [1.54, 1.807) is 7.11 Å². The maximum Gasteiger partial charge on any atom is 0.243 e. The summed E-state index contributed by atoms with van der Waals surface area (Å²) in [6.07, 6.45) is 2.77. The molecule has 20 heavy (non-hydrogen) atoms. The lowest BCUT2D eigenvalue weighted by Gasteiger charge is -2.38. The highest BCUT2D eigenvalue weighted by Gasteiger charge is 2.44. The summed E-state index contributed by atoms with van der Waals surface area (Å²) >= 11 is 0. The fourth-order valence-electron chi connectivity index (χ4n) is 2.74. The van der Waals surface area contributed by atoms with Gasteiger partial charge in [-0.05, 0) is 25.7 Å². The molecule has 5 nitrogen and oxygen atoms in total. The van der Waals surface area contributed by atoms with E-state index in [1.165, 1.54) is 0 Å². The van der Waals surface area contributed by atoms with Gasteiger partial charge in [0.2, 0.25) is 5.91 Å². The summed E-state index contributed by atoms with van der Waals surface area (Å²) in [5, 5.41) is 9.53. The molecule has 1 amide bonds. The number of ether oxygens (including phenoxy) is 2. The maximum atomic E-state index is 12.9. The summed E-state index contributed by atoms with van der Waals surface area (Å²) in [5.41, 5.74) is -0.908. The highest BCUT2D eigenvalue weighted by molar-refractivity contribution is 5.86. The average molecular weight is 282 g/mol. The molecule has 1 fully saturated rings. The largest absolute Gasteiger partial charge is 0.383 e. The van der Waals surface area contributed by atoms with Gasteiger partial charge >= 0.3 is 0 Å². The van der Waals surface area contributed by atoms with Gasteiger partial charge in [-0.2, -0.15) is 5.26 Å². The van der Waals surface area contributed by atoms with Gasteiger partial charge in [-0.25, -0.2) is 0 Å². The highest BCUT2D eigenvalue weighted by atomic mass is 16.5. The maximum absolute atomic E-state index is 12.9. The van der Waals surface area contributed by atoms with E-state index in [0.29, 0.717) is 39.2 Å². The quantitative estimate of drug-likeness (QED) is 0.716. The summed E-state index contributed by atoms with van der Waals surface area (Å²) in [4.78, 5) is 14.8. The molecule has 0 N–H and O–H groups in total. The molecule has 0 saturated carbocycles. The van der Waals surface area contributed by atoms with Crippen molar-refractivity contribution in [1.29, 1.82) is 5.26 Å². The van der Waals surface area contributed by atoms with Crippen molar-refractivity contribution >= 4 is 5.91 Å². The number of nitriles is 1. The highest BCUT2D eigenvalue weighted by Crippen LogP contribution is 2.33. The molecule has 0 spiro atoms. The van der Waals surface area contributed by atoms with Crippen LogP contribution in [0, 0.1) is 16.7 Å². The molecule has 1 rings (SSSR count). The number of amides is 1. The number of hydrogen-bond donors (Lipinski definition) is 0. The molecule has 114 valence electrons. The van der Waals surface area contributed by atoms with Crippen LogP contribution < -0.4 is 0 Å². The Labute approximate surface area is 121 Å². The van der Waals surface area contributed by atoms with Crippen molar-refractivity contribution in [2.45, 2.75) is 45.6 Å². The van der Waals surface area contributed by atoms with Gasteiger partial charge in [-0.1, -0.05) is 13.8 Å². The fourth-order valence-corrected chi connectivity index (χ4v) is 2.74. The van der Waals surface area contributed by atoms with Crippen molar-refractivity contribution in [2.24, 2.45) is 5.41 Å². The molecule has 1 saturated heterocycles. The molecular formula is C15H26N2O3. The Hall–Kier alpha value is -1.12. The SMILES string of the molecule is CCC(CC)N(CCOC)C(=O)C1(C#N)CCOCC1. The van der Waals surface area contributed by atoms with Crippen LogP contribution >= 0.6 is 0 Å². The van der Waals surface area contributed by atoms with Crippen LogP contribution in [0.25, 0.3) is 0 Å². The first kappa shape index (κ1) is 16.9. The first-order chi connectivity index (χ1) is 9.65. The van der Waals surface area contributed by atoms with Crippen LogP contribution in [-0.4, -0.2) is 50.3 Å². The molecule has 1 heterocycles. The van der Waals surface area contributed by atoms with E-state index in [1.807, 2.05) is 4.90 Å². The number of carbonyl (C=O) groups excluding carboxylic acids is 1. The molecule has 0 bridgehead atoms. The lowest BCUT2D eigenvalue weighted by molar-refractivity contribution is -0.146. The lowest BCUT2D eigenvalue weighted by Crippen LogP contribution is -2.51. The van der Waals surface area contributed by atoms with Gasteiger partial charge in [-0.15, -0.1) is 0 Å². The number of hydrogen-bond acceptors (Lipinski definition) is 4. The zero-order valence-electron chi connectivity index (χ0n) is 12.9. The van der Waals surface area contributed by atoms with Crippen LogP contribution in [0.15, 0.2) is 0 Å². The predicted octanol–water partition coefficient (Wildman–Crippen LogP) is 1.97. The summed E-state index contributed by atoms with van der Waals surface area (Å²) in [6, 6.07) is 2.44. The molecule has 0 aromatic rings. The monoisotopic (exact) mass is 282 g/mol. The van der Waals surface area contributed by atoms with Crippen molar-refractivity contribution < 1.29 is 14.3 Å². The van der Waals surface area contributed by atoms with Gasteiger partial charge in [0, 0.05) is 32.9 Å². The van der Waals surface area contributed by atoms with E-state index in [-0.39, 0.29) is 11.9 Å². The number of rotatable bonds is 7. The molecule has 1 aliphatic rings. The van der Waals surface area contributed by atoms with E-state index < -0.39 is 5.41 Å². The summed E-state index contributed by atoms with van der Waals surface area (Å²) in [5.74, 6) is -0.0472. The van der Waals surface area contributed by atoms with Gasteiger partial charge in [-0.3, -0.25) is 4.79 Å². The predicted molar refractivity (Wildman–Crippen MR) is 76.1 cm³/mol. The summed E-state index contributed by atoms with van der Waals surface area (Å²) < 4.78 is 10.4. The van der Waals surface area contributed by atoms with Crippen LogP contribution in [0.1, 0.15) is 39.5 Å². The van der Waals surface area contributed by atoms with E-state index in [0.717, 1.165) is 12.8 Å². The minimum absolute atomic E-state index is 0.0472. The second-order valence-corrected chi connectivity index (χ2v) is 5.27.